The topological polar surface area (TPSA) is 65.2 Å². The summed E-state index contributed by atoms with van der Waals surface area (Å²) in [6, 6.07) is 17.1. The third-order valence-corrected chi connectivity index (χ3v) is 3.36. The van der Waals surface area contributed by atoms with E-state index < -0.39 is 5.91 Å². The Kier molecular flexibility index (Phi) is 3.28. The SMILES string of the molecule is COc1cc(-c2ccc3ccccc3n2)ccc1C(N)=O. The molecule has 4 nitrogen and oxygen atoms in total. The lowest BCUT2D eigenvalue weighted by Gasteiger charge is -2.09. The van der Waals surface area contributed by atoms with Crippen molar-refractivity contribution in [2.45, 2.75) is 0 Å². The highest BCUT2D eigenvalue weighted by molar-refractivity contribution is 5.96. The number of hydrogen-bond acceptors (Lipinski definition) is 3. The molecule has 0 saturated carbocycles. The molecule has 3 rings (SSSR count). The fourth-order valence-corrected chi connectivity index (χ4v) is 2.28. The minimum atomic E-state index is -0.509. The lowest BCUT2D eigenvalue weighted by molar-refractivity contribution is 0.0997. The van der Waals surface area contributed by atoms with Crippen LogP contribution in [0.15, 0.2) is 54.6 Å². The van der Waals surface area contributed by atoms with Gasteiger partial charge in [0.05, 0.1) is 23.9 Å². The van der Waals surface area contributed by atoms with Crippen LogP contribution in [0, 0.1) is 0 Å². The van der Waals surface area contributed by atoms with Gasteiger partial charge in [-0.05, 0) is 24.3 Å². The number of rotatable bonds is 3. The van der Waals surface area contributed by atoms with E-state index in [1.165, 1.54) is 7.11 Å². The van der Waals surface area contributed by atoms with Crippen LogP contribution in [0.4, 0.5) is 0 Å². The molecular formula is C17H14N2O2. The fourth-order valence-electron chi connectivity index (χ4n) is 2.28. The quantitative estimate of drug-likeness (QED) is 0.801. The van der Waals surface area contributed by atoms with E-state index in [0.717, 1.165) is 22.2 Å². The molecule has 0 aliphatic rings. The number of methoxy groups -OCH3 is 1. The van der Waals surface area contributed by atoms with Crippen molar-refractivity contribution in [3.05, 3.63) is 60.2 Å². The van der Waals surface area contributed by atoms with Crippen LogP contribution >= 0.6 is 0 Å². The molecule has 21 heavy (non-hydrogen) atoms. The first kappa shape index (κ1) is 13.1. The maximum absolute atomic E-state index is 11.3. The molecule has 0 radical (unpaired) electrons. The van der Waals surface area contributed by atoms with Gasteiger partial charge in [0.1, 0.15) is 5.75 Å². The van der Waals surface area contributed by atoms with Crippen molar-refractivity contribution >= 4 is 16.8 Å². The third kappa shape index (κ3) is 2.43. The maximum Gasteiger partial charge on any atom is 0.252 e. The third-order valence-electron chi connectivity index (χ3n) is 3.36. The maximum atomic E-state index is 11.3. The van der Waals surface area contributed by atoms with E-state index in [2.05, 4.69) is 4.98 Å². The Balaban J connectivity index is 2.11. The summed E-state index contributed by atoms with van der Waals surface area (Å²) in [4.78, 5) is 16.0. The molecule has 0 atom stereocenters. The molecule has 0 spiro atoms. The number of hydrogen-bond donors (Lipinski definition) is 1. The van der Waals surface area contributed by atoms with Crippen molar-refractivity contribution in [3.63, 3.8) is 0 Å². The number of fused-ring (bicyclic) bond motifs is 1. The number of carbonyl (C=O) groups excluding carboxylic acids is 1. The minimum Gasteiger partial charge on any atom is -0.496 e. The largest absolute Gasteiger partial charge is 0.496 e. The first-order chi connectivity index (χ1) is 10.2. The van der Waals surface area contributed by atoms with Crippen molar-refractivity contribution in [2.75, 3.05) is 7.11 Å². The number of para-hydroxylation sites is 1. The molecule has 1 heterocycles. The molecule has 4 heteroatoms. The van der Waals surface area contributed by atoms with Gasteiger partial charge in [0, 0.05) is 10.9 Å². The first-order valence-electron chi connectivity index (χ1n) is 6.53. The molecular weight excluding hydrogens is 264 g/mol. The van der Waals surface area contributed by atoms with Crippen LogP contribution in [0.2, 0.25) is 0 Å². The van der Waals surface area contributed by atoms with Crippen LogP contribution in [0.5, 0.6) is 5.75 Å². The number of amides is 1. The number of carbonyl (C=O) groups is 1. The number of pyridine rings is 1. The molecule has 0 aliphatic carbocycles. The average Bonchev–Trinajstić information content (AvgIpc) is 2.53. The van der Waals surface area contributed by atoms with Gasteiger partial charge in [0.25, 0.3) is 5.91 Å². The van der Waals surface area contributed by atoms with Gasteiger partial charge < -0.3 is 10.5 Å². The average molecular weight is 278 g/mol. The van der Waals surface area contributed by atoms with E-state index in [1.807, 2.05) is 42.5 Å². The summed E-state index contributed by atoms with van der Waals surface area (Å²) in [5, 5.41) is 1.09. The van der Waals surface area contributed by atoms with Crippen molar-refractivity contribution in [3.8, 4) is 17.0 Å². The monoisotopic (exact) mass is 278 g/mol. The highest BCUT2D eigenvalue weighted by atomic mass is 16.5. The number of benzene rings is 2. The van der Waals surface area contributed by atoms with Gasteiger partial charge in [0.2, 0.25) is 0 Å². The van der Waals surface area contributed by atoms with Crippen LogP contribution in [0.1, 0.15) is 10.4 Å². The molecule has 2 aromatic carbocycles. The van der Waals surface area contributed by atoms with E-state index in [0.29, 0.717) is 11.3 Å². The van der Waals surface area contributed by atoms with Gasteiger partial charge in [0.15, 0.2) is 0 Å². The second-order valence-corrected chi connectivity index (χ2v) is 4.67. The Labute approximate surface area is 122 Å². The Hall–Kier alpha value is -2.88. The van der Waals surface area contributed by atoms with Crippen molar-refractivity contribution in [1.82, 2.24) is 4.98 Å². The molecule has 0 aliphatic heterocycles. The normalized spacial score (nSPS) is 10.5. The van der Waals surface area contributed by atoms with Crippen molar-refractivity contribution in [2.24, 2.45) is 5.73 Å². The van der Waals surface area contributed by atoms with Crippen LogP contribution < -0.4 is 10.5 Å². The van der Waals surface area contributed by atoms with Gasteiger partial charge in [-0.3, -0.25) is 4.79 Å². The molecule has 0 fully saturated rings. The number of nitrogens with zero attached hydrogens (tertiary/aromatic N) is 1. The lowest BCUT2D eigenvalue weighted by Crippen LogP contribution is -2.12. The van der Waals surface area contributed by atoms with Gasteiger partial charge in [-0.2, -0.15) is 0 Å². The van der Waals surface area contributed by atoms with Crippen LogP contribution in [0.3, 0.4) is 0 Å². The minimum absolute atomic E-state index is 0.363. The van der Waals surface area contributed by atoms with Crippen molar-refractivity contribution in [1.29, 1.82) is 0 Å². The Morgan fingerprint density at radius 2 is 1.90 bits per heavy atom. The van der Waals surface area contributed by atoms with E-state index >= 15 is 0 Å². The highest BCUT2D eigenvalue weighted by Crippen LogP contribution is 2.27. The Morgan fingerprint density at radius 1 is 1.10 bits per heavy atom. The summed E-state index contributed by atoms with van der Waals surface area (Å²) in [5.74, 6) is -0.0557. The summed E-state index contributed by atoms with van der Waals surface area (Å²) >= 11 is 0. The van der Waals surface area contributed by atoms with Gasteiger partial charge in [-0.25, -0.2) is 4.98 Å². The second-order valence-electron chi connectivity index (χ2n) is 4.67. The predicted molar refractivity (Wildman–Crippen MR) is 82.2 cm³/mol. The van der Waals surface area contributed by atoms with Crippen molar-refractivity contribution < 1.29 is 9.53 Å². The highest BCUT2D eigenvalue weighted by Gasteiger charge is 2.11. The zero-order valence-electron chi connectivity index (χ0n) is 11.5. The standard InChI is InChI=1S/C17H14N2O2/c1-21-16-10-12(6-8-13(16)17(18)20)15-9-7-11-4-2-3-5-14(11)19-15/h2-10H,1H3,(H2,18,20). The summed E-state index contributed by atoms with van der Waals surface area (Å²) in [6.07, 6.45) is 0. The van der Waals surface area contributed by atoms with Gasteiger partial charge >= 0.3 is 0 Å². The van der Waals surface area contributed by atoms with E-state index in [9.17, 15) is 4.79 Å². The lowest BCUT2D eigenvalue weighted by atomic mass is 10.1. The predicted octanol–water partition coefficient (Wildman–Crippen LogP) is 3.01. The number of ether oxygens (including phenoxy) is 1. The molecule has 1 amide bonds. The molecule has 0 saturated heterocycles. The molecule has 0 bridgehead atoms. The van der Waals surface area contributed by atoms with E-state index in [4.69, 9.17) is 10.5 Å². The summed E-state index contributed by atoms with van der Waals surface area (Å²) in [6.45, 7) is 0. The second kappa shape index (κ2) is 5.25. The Bertz CT molecular complexity index is 828. The number of aromatic nitrogens is 1. The van der Waals surface area contributed by atoms with Crippen LogP contribution in [-0.2, 0) is 0 Å². The number of nitrogens with two attached hydrogens (primary N) is 1. The van der Waals surface area contributed by atoms with Crippen LogP contribution in [0.25, 0.3) is 22.2 Å². The molecule has 0 unspecified atom stereocenters. The zero-order valence-corrected chi connectivity index (χ0v) is 11.5. The molecule has 1 aromatic heterocycles. The number of primary amides is 1. The van der Waals surface area contributed by atoms with Gasteiger partial charge in [-0.15, -0.1) is 0 Å². The summed E-state index contributed by atoms with van der Waals surface area (Å²) in [5.41, 5.74) is 8.31. The summed E-state index contributed by atoms with van der Waals surface area (Å²) < 4.78 is 5.23. The fraction of sp³-hybridized carbons (Fsp3) is 0.0588. The van der Waals surface area contributed by atoms with E-state index in [1.54, 1.807) is 12.1 Å². The summed E-state index contributed by atoms with van der Waals surface area (Å²) in [7, 11) is 1.51. The molecule has 2 N–H and O–H groups in total. The molecule has 104 valence electrons. The van der Waals surface area contributed by atoms with E-state index in [-0.39, 0.29) is 0 Å². The smallest absolute Gasteiger partial charge is 0.252 e. The van der Waals surface area contributed by atoms with Crippen LogP contribution in [-0.4, -0.2) is 18.0 Å². The molecule has 3 aromatic rings. The van der Waals surface area contributed by atoms with Gasteiger partial charge in [-0.1, -0.05) is 30.3 Å². The Morgan fingerprint density at radius 3 is 2.67 bits per heavy atom. The zero-order chi connectivity index (χ0) is 14.8. The first-order valence-corrected chi connectivity index (χ1v) is 6.53.